The molecule has 1 heterocycles. The zero-order valence-corrected chi connectivity index (χ0v) is 11.1. The van der Waals surface area contributed by atoms with Crippen LogP contribution in [-0.4, -0.2) is 31.2 Å². The van der Waals surface area contributed by atoms with Gasteiger partial charge in [0.05, 0.1) is 23.5 Å². The molecule has 1 saturated heterocycles. The smallest absolute Gasteiger partial charge is 0.250 e. The molecule has 19 heavy (non-hydrogen) atoms. The number of amides is 1. The average Bonchev–Trinajstić information content (AvgIpc) is 2.26. The van der Waals surface area contributed by atoms with E-state index in [4.69, 9.17) is 16.2 Å². The fourth-order valence-electron chi connectivity index (χ4n) is 2.26. The van der Waals surface area contributed by atoms with Gasteiger partial charge in [-0.05, 0) is 26.0 Å². The third kappa shape index (κ3) is 2.78. The summed E-state index contributed by atoms with van der Waals surface area (Å²) in [5.74, 6) is -1.12. The Labute approximate surface area is 111 Å². The highest BCUT2D eigenvalue weighted by Crippen LogP contribution is 2.29. The van der Waals surface area contributed by atoms with Crippen molar-refractivity contribution >= 4 is 17.3 Å². The van der Waals surface area contributed by atoms with Gasteiger partial charge in [-0.25, -0.2) is 4.39 Å². The second-order valence-electron chi connectivity index (χ2n) is 5.28. The Morgan fingerprint density at radius 3 is 2.74 bits per heavy atom. The molecule has 1 fully saturated rings. The van der Waals surface area contributed by atoms with Crippen molar-refractivity contribution in [2.75, 3.05) is 30.3 Å². The molecule has 0 aromatic heterocycles. The molecule has 1 amide bonds. The van der Waals surface area contributed by atoms with Gasteiger partial charge in [0.2, 0.25) is 0 Å². The van der Waals surface area contributed by atoms with Crippen LogP contribution < -0.4 is 16.4 Å². The molecule has 0 radical (unpaired) electrons. The lowest BCUT2D eigenvalue weighted by Crippen LogP contribution is -2.48. The van der Waals surface area contributed by atoms with Gasteiger partial charge in [0.25, 0.3) is 5.91 Å². The van der Waals surface area contributed by atoms with E-state index in [1.165, 1.54) is 6.07 Å². The van der Waals surface area contributed by atoms with Crippen LogP contribution in [0.15, 0.2) is 12.1 Å². The van der Waals surface area contributed by atoms with Crippen LogP contribution in [0.3, 0.4) is 0 Å². The Morgan fingerprint density at radius 2 is 2.16 bits per heavy atom. The molecular weight excluding hydrogens is 249 g/mol. The van der Waals surface area contributed by atoms with Crippen LogP contribution in [0.2, 0.25) is 0 Å². The molecule has 2 rings (SSSR count). The van der Waals surface area contributed by atoms with E-state index in [9.17, 15) is 9.18 Å². The van der Waals surface area contributed by atoms with Crippen molar-refractivity contribution in [2.24, 2.45) is 5.73 Å². The summed E-state index contributed by atoms with van der Waals surface area (Å²) in [6.07, 6.45) is 0. The second-order valence-corrected chi connectivity index (χ2v) is 5.28. The van der Waals surface area contributed by atoms with Gasteiger partial charge in [0.1, 0.15) is 5.82 Å². The van der Waals surface area contributed by atoms with E-state index in [1.807, 2.05) is 18.7 Å². The highest BCUT2D eigenvalue weighted by atomic mass is 19.1. The number of nitrogen functional groups attached to an aromatic ring is 1. The van der Waals surface area contributed by atoms with E-state index in [0.717, 1.165) is 6.07 Å². The number of rotatable bonds is 2. The Hall–Kier alpha value is -1.82. The minimum absolute atomic E-state index is 0.0567. The van der Waals surface area contributed by atoms with E-state index in [1.54, 1.807) is 0 Å². The molecule has 104 valence electrons. The molecule has 0 bridgehead atoms. The minimum atomic E-state index is -0.661. The van der Waals surface area contributed by atoms with Gasteiger partial charge in [0, 0.05) is 18.8 Å². The van der Waals surface area contributed by atoms with Gasteiger partial charge >= 0.3 is 0 Å². The maximum Gasteiger partial charge on any atom is 0.250 e. The lowest BCUT2D eigenvalue weighted by atomic mass is 10.1. The van der Waals surface area contributed by atoms with Gasteiger partial charge in [-0.3, -0.25) is 4.79 Å². The number of carbonyl (C=O) groups is 1. The molecule has 6 heteroatoms. The molecular formula is C13H18FN3O2. The SMILES string of the molecule is CC1(C)CN(c2cc(C(N)=O)c(N)cc2F)CCO1. The number of hydrogen-bond donors (Lipinski definition) is 2. The monoisotopic (exact) mass is 267 g/mol. The van der Waals surface area contributed by atoms with Crippen molar-refractivity contribution in [2.45, 2.75) is 19.4 Å². The zero-order valence-electron chi connectivity index (χ0n) is 11.1. The third-order valence-electron chi connectivity index (χ3n) is 3.15. The van der Waals surface area contributed by atoms with Crippen molar-refractivity contribution in [3.63, 3.8) is 0 Å². The third-order valence-corrected chi connectivity index (χ3v) is 3.15. The second kappa shape index (κ2) is 4.70. The van der Waals surface area contributed by atoms with E-state index >= 15 is 0 Å². The summed E-state index contributed by atoms with van der Waals surface area (Å²) in [5, 5.41) is 0. The first kappa shape index (κ1) is 13.6. The van der Waals surface area contributed by atoms with Crippen molar-refractivity contribution in [1.82, 2.24) is 0 Å². The molecule has 1 aliphatic rings. The molecule has 0 aliphatic carbocycles. The fourth-order valence-corrected chi connectivity index (χ4v) is 2.26. The highest BCUT2D eigenvalue weighted by Gasteiger charge is 2.29. The standard InChI is InChI=1S/C13H18FN3O2/c1-13(2)7-17(3-4-19-13)11-5-8(12(16)18)10(15)6-9(11)14/h5-6H,3-4,7,15H2,1-2H3,(H2,16,18). The zero-order chi connectivity index (χ0) is 14.2. The van der Waals surface area contributed by atoms with Crippen LogP contribution in [0.5, 0.6) is 0 Å². The molecule has 1 aromatic carbocycles. The van der Waals surface area contributed by atoms with Gasteiger partial charge in [-0.1, -0.05) is 0 Å². The Morgan fingerprint density at radius 1 is 1.47 bits per heavy atom. The largest absolute Gasteiger partial charge is 0.398 e. The topological polar surface area (TPSA) is 81.6 Å². The summed E-state index contributed by atoms with van der Waals surface area (Å²) < 4.78 is 19.6. The first-order valence-corrected chi connectivity index (χ1v) is 6.08. The van der Waals surface area contributed by atoms with Crippen molar-refractivity contribution in [1.29, 1.82) is 0 Å². The fraction of sp³-hybridized carbons (Fsp3) is 0.462. The molecule has 1 aliphatic heterocycles. The number of morpholine rings is 1. The number of ether oxygens (including phenoxy) is 1. The first-order chi connectivity index (χ1) is 8.80. The lowest BCUT2D eigenvalue weighted by Gasteiger charge is -2.39. The van der Waals surface area contributed by atoms with E-state index in [2.05, 4.69) is 0 Å². The molecule has 5 nitrogen and oxygen atoms in total. The number of nitrogens with two attached hydrogens (primary N) is 2. The van der Waals surface area contributed by atoms with Crippen LogP contribution >= 0.6 is 0 Å². The Kier molecular flexibility index (Phi) is 3.36. The highest BCUT2D eigenvalue weighted by molar-refractivity contribution is 5.99. The summed E-state index contributed by atoms with van der Waals surface area (Å²) in [6, 6.07) is 2.55. The van der Waals surface area contributed by atoms with Crippen LogP contribution in [0, 0.1) is 5.82 Å². The molecule has 0 spiro atoms. The van der Waals surface area contributed by atoms with Crippen LogP contribution in [0.1, 0.15) is 24.2 Å². The van der Waals surface area contributed by atoms with Crippen LogP contribution in [0.4, 0.5) is 15.8 Å². The lowest BCUT2D eigenvalue weighted by molar-refractivity contribution is -0.0278. The Balaban J connectivity index is 2.39. The summed E-state index contributed by atoms with van der Waals surface area (Å²) in [7, 11) is 0. The van der Waals surface area contributed by atoms with E-state index in [0.29, 0.717) is 25.4 Å². The predicted octanol–water partition coefficient (Wildman–Crippen LogP) is 1.12. The minimum Gasteiger partial charge on any atom is -0.398 e. The summed E-state index contributed by atoms with van der Waals surface area (Å²) in [6.45, 7) is 5.46. The van der Waals surface area contributed by atoms with Crippen molar-refractivity contribution in [3.8, 4) is 0 Å². The van der Waals surface area contributed by atoms with E-state index in [-0.39, 0.29) is 16.9 Å². The maximum atomic E-state index is 14.0. The predicted molar refractivity (Wildman–Crippen MR) is 71.6 cm³/mol. The molecule has 0 saturated carbocycles. The summed E-state index contributed by atoms with van der Waals surface area (Å²) in [4.78, 5) is 13.1. The van der Waals surface area contributed by atoms with Crippen molar-refractivity contribution < 1.29 is 13.9 Å². The van der Waals surface area contributed by atoms with Crippen molar-refractivity contribution in [3.05, 3.63) is 23.5 Å². The summed E-state index contributed by atoms with van der Waals surface area (Å²) >= 11 is 0. The molecule has 0 atom stereocenters. The van der Waals surface area contributed by atoms with Gasteiger partial charge in [-0.15, -0.1) is 0 Å². The van der Waals surface area contributed by atoms with E-state index < -0.39 is 11.7 Å². The molecule has 1 aromatic rings. The number of carbonyl (C=O) groups excluding carboxylic acids is 1. The Bertz CT molecular complexity index is 517. The van der Waals surface area contributed by atoms with Gasteiger partial charge in [0.15, 0.2) is 0 Å². The average molecular weight is 267 g/mol. The number of nitrogens with zero attached hydrogens (tertiary/aromatic N) is 1. The molecule has 4 N–H and O–H groups in total. The first-order valence-electron chi connectivity index (χ1n) is 6.08. The maximum absolute atomic E-state index is 14.0. The number of hydrogen-bond acceptors (Lipinski definition) is 4. The number of anilines is 2. The normalized spacial score (nSPS) is 18.4. The van der Waals surface area contributed by atoms with Crippen LogP contribution in [-0.2, 0) is 4.74 Å². The quantitative estimate of drug-likeness (QED) is 0.787. The van der Waals surface area contributed by atoms with Gasteiger partial charge < -0.3 is 21.1 Å². The number of benzene rings is 1. The number of halogens is 1. The molecule has 0 unspecified atom stereocenters. The summed E-state index contributed by atoms with van der Waals surface area (Å²) in [5.41, 5.74) is 11.0. The van der Waals surface area contributed by atoms with Gasteiger partial charge in [-0.2, -0.15) is 0 Å². The van der Waals surface area contributed by atoms with Crippen LogP contribution in [0.25, 0.3) is 0 Å². The number of primary amides is 1.